The molecular weight excluding hydrogens is 328 g/mol. The van der Waals surface area contributed by atoms with E-state index in [9.17, 15) is 0 Å². The van der Waals surface area contributed by atoms with Crippen LogP contribution < -0.4 is 4.74 Å². The van der Waals surface area contributed by atoms with Crippen molar-refractivity contribution in [3.05, 3.63) is 54.1 Å². The van der Waals surface area contributed by atoms with Crippen molar-refractivity contribution in [2.24, 2.45) is 0 Å². The van der Waals surface area contributed by atoms with Crippen molar-refractivity contribution in [1.29, 1.82) is 0 Å². The van der Waals surface area contributed by atoms with Gasteiger partial charge in [0.25, 0.3) is 0 Å². The van der Waals surface area contributed by atoms with Gasteiger partial charge in [0.2, 0.25) is 0 Å². The van der Waals surface area contributed by atoms with Gasteiger partial charge < -0.3 is 4.74 Å². The molecule has 2 rings (SSSR count). The van der Waals surface area contributed by atoms with Crippen molar-refractivity contribution >= 4 is 0 Å². The monoisotopic (exact) mass is 366 g/mol. The fraction of sp³-hybridized carbons (Fsp3) is 0.538. The summed E-state index contributed by atoms with van der Waals surface area (Å²) in [6, 6.07) is 17.6. The quantitative estimate of drug-likeness (QED) is 0.306. The Kier molecular flexibility index (Phi) is 10.7. The molecule has 0 bridgehead atoms. The zero-order valence-electron chi connectivity index (χ0n) is 17.5. The predicted octanol–water partition coefficient (Wildman–Crippen LogP) is 8.22. The summed E-state index contributed by atoms with van der Waals surface area (Å²) in [6.07, 6.45) is 14.3. The van der Waals surface area contributed by atoms with Crippen LogP contribution in [0.5, 0.6) is 5.75 Å². The maximum atomic E-state index is 5.89. The topological polar surface area (TPSA) is 9.23 Å². The van der Waals surface area contributed by atoms with Crippen LogP contribution in [0.15, 0.2) is 48.5 Å². The summed E-state index contributed by atoms with van der Waals surface area (Å²) in [6.45, 7) is 5.35. The molecule has 0 atom stereocenters. The number of unbranched alkanes of at least 4 members (excludes halogenated alkanes) is 8. The van der Waals surface area contributed by atoms with Crippen molar-refractivity contribution in [2.45, 2.75) is 84.5 Å². The highest BCUT2D eigenvalue weighted by Gasteiger charge is 2.00. The molecule has 2 aromatic rings. The molecule has 0 radical (unpaired) electrons. The van der Waals surface area contributed by atoms with Crippen molar-refractivity contribution < 1.29 is 4.74 Å². The number of aryl methyl sites for hydroxylation is 1. The van der Waals surface area contributed by atoms with Crippen LogP contribution in [0, 0.1) is 0 Å². The third-order valence-corrected chi connectivity index (χ3v) is 5.23. The minimum atomic E-state index is 0.832. The van der Waals surface area contributed by atoms with Gasteiger partial charge in [-0.1, -0.05) is 102 Å². The lowest BCUT2D eigenvalue weighted by atomic mass is 10.0. The molecule has 0 fully saturated rings. The molecule has 0 aliphatic rings. The molecule has 27 heavy (non-hydrogen) atoms. The van der Waals surface area contributed by atoms with Gasteiger partial charge in [0.15, 0.2) is 0 Å². The first-order chi connectivity index (χ1) is 13.3. The van der Waals surface area contributed by atoms with E-state index >= 15 is 0 Å². The molecular formula is C26H38O. The second-order valence-electron chi connectivity index (χ2n) is 7.65. The Morgan fingerprint density at radius 2 is 1.07 bits per heavy atom. The minimum absolute atomic E-state index is 0.832. The summed E-state index contributed by atoms with van der Waals surface area (Å²) in [4.78, 5) is 0. The van der Waals surface area contributed by atoms with E-state index in [2.05, 4.69) is 62.4 Å². The maximum absolute atomic E-state index is 5.89. The summed E-state index contributed by atoms with van der Waals surface area (Å²) in [5, 5.41) is 0. The van der Waals surface area contributed by atoms with Gasteiger partial charge in [0.05, 0.1) is 6.61 Å². The molecule has 0 saturated carbocycles. The van der Waals surface area contributed by atoms with Gasteiger partial charge in [-0.15, -0.1) is 0 Å². The van der Waals surface area contributed by atoms with Gasteiger partial charge in [-0.2, -0.15) is 0 Å². The van der Waals surface area contributed by atoms with Crippen LogP contribution in [0.2, 0.25) is 0 Å². The van der Waals surface area contributed by atoms with Gasteiger partial charge in [-0.3, -0.25) is 0 Å². The average molecular weight is 367 g/mol. The SMILES string of the molecule is CCCCCCCCOc1ccc(-c2ccc(CCCCCC)cc2)cc1. The highest BCUT2D eigenvalue weighted by molar-refractivity contribution is 5.64. The predicted molar refractivity (Wildman–Crippen MR) is 119 cm³/mol. The van der Waals surface area contributed by atoms with E-state index in [1.165, 1.54) is 80.9 Å². The molecule has 0 unspecified atom stereocenters. The Bertz CT molecular complexity index is 597. The Morgan fingerprint density at radius 3 is 1.70 bits per heavy atom. The Morgan fingerprint density at radius 1 is 0.556 bits per heavy atom. The molecule has 0 saturated heterocycles. The van der Waals surface area contributed by atoms with Crippen LogP contribution in [-0.4, -0.2) is 6.61 Å². The first kappa shape index (κ1) is 21.5. The molecule has 0 heterocycles. The molecule has 0 N–H and O–H groups in total. The van der Waals surface area contributed by atoms with Crippen LogP contribution in [0.3, 0.4) is 0 Å². The normalized spacial score (nSPS) is 10.9. The second kappa shape index (κ2) is 13.4. The number of hydrogen-bond donors (Lipinski definition) is 0. The van der Waals surface area contributed by atoms with Crippen molar-refractivity contribution in [2.75, 3.05) is 6.61 Å². The lowest BCUT2D eigenvalue weighted by Gasteiger charge is -2.08. The van der Waals surface area contributed by atoms with Gasteiger partial charge in [-0.25, -0.2) is 0 Å². The van der Waals surface area contributed by atoms with Crippen LogP contribution in [0.25, 0.3) is 11.1 Å². The zero-order valence-corrected chi connectivity index (χ0v) is 17.5. The Balaban J connectivity index is 1.72. The van der Waals surface area contributed by atoms with Crippen LogP contribution in [0.1, 0.15) is 83.6 Å². The standard InChI is InChI=1S/C26H38O/c1-3-5-7-9-10-12-22-27-26-20-18-25(19-21-26)24-16-14-23(15-17-24)13-11-8-6-4-2/h14-21H,3-13,22H2,1-2H3. The fourth-order valence-electron chi connectivity index (χ4n) is 3.44. The van der Waals surface area contributed by atoms with Crippen molar-refractivity contribution in [1.82, 2.24) is 0 Å². The molecule has 2 aromatic carbocycles. The van der Waals surface area contributed by atoms with Crippen LogP contribution >= 0.6 is 0 Å². The summed E-state index contributed by atoms with van der Waals surface area (Å²) < 4.78 is 5.89. The Labute approximate surface area is 167 Å². The van der Waals surface area contributed by atoms with E-state index in [4.69, 9.17) is 4.74 Å². The lowest BCUT2D eigenvalue weighted by Crippen LogP contribution is -1.97. The average Bonchev–Trinajstić information content (AvgIpc) is 2.71. The van der Waals surface area contributed by atoms with Gasteiger partial charge >= 0.3 is 0 Å². The van der Waals surface area contributed by atoms with E-state index in [1.54, 1.807) is 0 Å². The molecule has 1 heteroatoms. The van der Waals surface area contributed by atoms with E-state index in [0.29, 0.717) is 0 Å². The highest BCUT2D eigenvalue weighted by atomic mass is 16.5. The maximum Gasteiger partial charge on any atom is 0.119 e. The summed E-state index contributed by atoms with van der Waals surface area (Å²) >= 11 is 0. The van der Waals surface area contributed by atoms with E-state index in [0.717, 1.165) is 18.8 Å². The van der Waals surface area contributed by atoms with Gasteiger partial charge in [0, 0.05) is 0 Å². The summed E-state index contributed by atoms with van der Waals surface area (Å²) in [5.74, 6) is 0.986. The number of ether oxygens (including phenoxy) is 1. The number of rotatable bonds is 14. The number of hydrogen-bond acceptors (Lipinski definition) is 1. The molecule has 0 amide bonds. The smallest absolute Gasteiger partial charge is 0.119 e. The second-order valence-corrected chi connectivity index (χ2v) is 7.65. The third-order valence-electron chi connectivity index (χ3n) is 5.23. The van der Waals surface area contributed by atoms with E-state index in [1.807, 2.05) is 0 Å². The van der Waals surface area contributed by atoms with Crippen molar-refractivity contribution in [3.63, 3.8) is 0 Å². The third kappa shape index (κ3) is 8.65. The first-order valence-corrected chi connectivity index (χ1v) is 11.2. The Hall–Kier alpha value is -1.76. The molecule has 1 nitrogen and oxygen atoms in total. The van der Waals surface area contributed by atoms with Gasteiger partial charge in [0.1, 0.15) is 5.75 Å². The molecule has 0 aliphatic carbocycles. The first-order valence-electron chi connectivity index (χ1n) is 11.2. The van der Waals surface area contributed by atoms with E-state index < -0.39 is 0 Å². The van der Waals surface area contributed by atoms with E-state index in [-0.39, 0.29) is 0 Å². The summed E-state index contributed by atoms with van der Waals surface area (Å²) in [5.41, 5.74) is 4.00. The molecule has 0 aromatic heterocycles. The molecule has 0 spiro atoms. The van der Waals surface area contributed by atoms with Gasteiger partial charge in [-0.05, 0) is 48.1 Å². The number of benzene rings is 2. The zero-order chi connectivity index (χ0) is 19.2. The largest absolute Gasteiger partial charge is 0.494 e. The minimum Gasteiger partial charge on any atom is -0.494 e. The van der Waals surface area contributed by atoms with Crippen LogP contribution in [0.4, 0.5) is 0 Å². The fourth-order valence-corrected chi connectivity index (χ4v) is 3.44. The lowest BCUT2D eigenvalue weighted by molar-refractivity contribution is 0.304. The molecule has 0 aliphatic heterocycles. The molecule has 148 valence electrons. The highest BCUT2D eigenvalue weighted by Crippen LogP contribution is 2.23. The van der Waals surface area contributed by atoms with Crippen LogP contribution in [-0.2, 0) is 6.42 Å². The summed E-state index contributed by atoms with van der Waals surface area (Å²) in [7, 11) is 0. The van der Waals surface area contributed by atoms with Crippen molar-refractivity contribution in [3.8, 4) is 16.9 Å².